The molecule has 2 heteroatoms. The van der Waals surface area contributed by atoms with E-state index in [0.29, 0.717) is 5.92 Å². The van der Waals surface area contributed by atoms with E-state index in [1.54, 1.807) is 0 Å². The first-order valence-corrected chi connectivity index (χ1v) is 11.9. The summed E-state index contributed by atoms with van der Waals surface area (Å²) in [5, 5.41) is 0. The highest BCUT2D eigenvalue weighted by Crippen LogP contribution is 2.52. The second-order valence-electron chi connectivity index (χ2n) is 8.34. The van der Waals surface area contributed by atoms with Crippen molar-refractivity contribution in [1.29, 1.82) is 0 Å². The maximum Gasteiger partial charge on any atom is 0.127 e. The van der Waals surface area contributed by atoms with Crippen molar-refractivity contribution >= 4 is 0 Å². The van der Waals surface area contributed by atoms with Crippen LogP contribution in [0.2, 0.25) is 0 Å². The maximum atomic E-state index is 6.18. The second kappa shape index (κ2) is 15.5. The van der Waals surface area contributed by atoms with E-state index in [9.17, 15) is 0 Å². The van der Waals surface area contributed by atoms with Gasteiger partial charge in [-0.2, -0.15) is 0 Å². The fourth-order valence-corrected chi connectivity index (χ4v) is 4.01. The van der Waals surface area contributed by atoms with Gasteiger partial charge in [-0.05, 0) is 82.3 Å². The zero-order valence-corrected chi connectivity index (χ0v) is 20.8. The highest BCUT2D eigenvalue weighted by molar-refractivity contribution is 5.44. The molecule has 1 saturated heterocycles. The molecule has 3 aliphatic rings. The van der Waals surface area contributed by atoms with E-state index in [4.69, 9.17) is 4.74 Å². The fourth-order valence-electron chi connectivity index (χ4n) is 4.01. The lowest BCUT2D eigenvalue weighted by atomic mass is 9.68. The summed E-state index contributed by atoms with van der Waals surface area (Å²) in [5.41, 5.74) is 3.88. The normalized spacial score (nSPS) is 25.6. The van der Waals surface area contributed by atoms with Gasteiger partial charge in [0.15, 0.2) is 0 Å². The molecule has 3 rings (SSSR count). The molecule has 2 nitrogen and oxygen atoms in total. The minimum absolute atomic E-state index is 0.241. The van der Waals surface area contributed by atoms with Gasteiger partial charge < -0.3 is 9.64 Å². The average molecular weight is 404 g/mol. The Hall–Kier alpha value is -1.28. The van der Waals surface area contributed by atoms with Crippen molar-refractivity contribution in [3.63, 3.8) is 0 Å². The van der Waals surface area contributed by atoms with Crippen LogP contribution in [-0.4, -0.2) is 31.6 Å². The number of ether oxygens (including phenoxy) is 1. The predicted molar refractivity (Wildman–Crippen MR) is 131 cm³/mol. The molecule has 2 aliphatic carbocycles. The lowest BCUT2D eigenvalue weighted by molar-refractivity contribution is 0.108. The van der Waals surface area contributed by atoms with Crippen LogP contribution in [0.4, 0.5) is 0 Å². The summed E-state index contributed by atoms with van der Waals surface area (Å²) in [4.78, 5) is 2.21. The molecule has 0 radical (unpaired) electrons. The van der Waals surface area contributed by atoms with Crippen LogP contribution in [0.15, 0.2) is 47.8 Å². The Morgan fingerprint density at radius 1 is 1.21 bits per heavy atom. The van der Waals surface area contributed by atoms with Crippen LogP contribution in [0.3, 0.4) is 0 Å². The predicted octanol–water partition coefficient (Wildman–Crippen LogP) is 7.94. The number of nitrogens with zero attached hydrogens (tertiary/aromatic N) is 1. The Morgan fingerprint density at radius 3 is 2.31 bits per heavy atom. The molecule has 2 fully saturated rings. The van der Waals surface area contributed by atoms with Gasteiger partial charge in [-0.1, -0.05) is 72.8 Å². The van der Waals surface area contributed by atoms with Gasteiger partial charge >= 0.3 is 0 Å². The summed E-state index contributed by atoms with van der Waals surface area (Å²) in [7, 11) is 4.21. The van der Waals surface area contributed by atoms with Crippen LogP contribution in [0.1, 0.15) is 86.5 Å². The van der Waals surface area contributed by atoms with E-state index in [2.05, 4.69) is 65.9 Å². The molecule has 29 heavy (non-hydrogen) atoms. The monoisotopic (exact) mass is 403 g/mol. The van der Waals surface area contributed by atoms with E-state index in [0.717, 1.165) is 18.1 Å². The third-order valence-corrected chi connectivity index (χ3v) is 5.46. The van der Waals surface area contributed by atoms with Gasteiger partial charge in [0.1, 0.15) is 11.9 Å². The molecule has 0 amide bonds. The van der Waals surface area contributed by atoms with Crippen molar-refractivity contribution in [2.75, 3.05) is 20.6 Å². The van der Waals surface area contributed by atoms with Crippen molar-refractivity contribution in [3.05, 3.63) is 47.8 Å². The summed E-state index contributed by atoms with van der Waals surface area (Å²) in [5.74, 6) is 2.47. The molecule has 1 saturated carbocycles. The van der Waals surface area contributed by atoms with Crippen LogP contribution < -0.4 is 0 Å². The lowest BCUT2D eigenvalue weighted by Gasteiger charge is -2.35. The SMILES string of the molecule is C=C/C(C)=C1/OC2C(=C)CCC3CCC=C1C32.CC.CCC.CCCCN(C)C. The molecule has 0 N–H and O–H groups in total. The summed E-state index contributed by atoms with van der Waals surface area (Å²) in [6.07, 6.45) is 13.4. The Bertz CT molecular complexity index is 541. The van der Waals surface area contributed by atoms with Gasteiger partial charge in [-0.3, -0.25) is 0 Å². The Morgan fingerprint density at radius 2 is 1.83 bits per heavy atom. The highest BCUT2D eigenvalue weighted by atomic mass is 16.5. The van der Waals surface area contributed by atoms with Crippen LogP contribution in [-0.2, 0) is 4.74 Å². The first-order valence-electron chi connectivity index (χ1n) is 11.9. The van der Waals surface area contributed by atoms with Crippen LogP contribution in [0, 0.1) is 11.8 Å². The van der Waals surface area contributed by atoms with Crippen molar-refractivity contribution in [1.82, 2.24) is 4.90 Å². The van der Waals surface area contributed by atoms with Crippen molar-refractivity contribution < 1.29 is 4.74 Å². The fraction of sp³-hybridized carbons (Fsp3) is 0.704. The van der Waals surface area contributed by atoms with Gasteiger partial charge in [0.2, 0.25) is 0 Å². The summed E-state index contributed by atoms with van der Waals surface area (Å²) < 4.78 is 6.18. The van der Waals surface area contributed by atoms with Gasteiger partial charge in [-0.25, -0.2) is 0 Å². The third kappa shape index (κ3) is 8.54. The standard InChI is InChI=1S/C16H20O.C6H15N.C3H8.C2H6/c1-4-10(2)15-13-7-5-6-12-9-8-11(3)16(17-15)14(12)13;1-4-5-6-7(2)3;1-3-2;1-2/h4,7,12,14,16H,1,3,5-6,8-9H2,2H3;4-6H2,1-3H3;3H2,1-2H3;1-2H3/b15-10+;;;. The van der Waals surface area contributed by atoms with Gasteiger partial charge in [0.05, 0.1) is 0 Å². The largest absolute Gasteiger partial charge is 0.485 e. The summed E-state index contributed by atoms with van der Waals surface area (Å²) >= 11 is 0. The summed E-state index contributed by atoms with van der Waals surface area (Å²) in [6, 6.07) is 0. The smallest absolute Gasteiger partial charge is 0.127 e. The molecule has 0 bridgehead atoms. The molecule has 168 valence electrons. The van der Waals surface area contributed by atoms with Gasteiger partial charge in [-0.15, -0.1) is 0 Å². The van der Waals surface area contributed by atoms with Crippen LogP contribution in [0.5, 0.6) is 0 Å². The zero-order chi connectivity index (χ0) is 22.4. The molecule has 3 unspecified atom stereocenters. The number of unbranched alkanes of at least 4 members (excludes halogenated alkanes) is 1. The molecule has 3 atom stereocenters. The average Bonchev–Trinajstić information content (AvgIpc) is 3.13. The number of hydrogen-bond donors (Lipinski definition) is 0. The van der Waals surface area contributed by atoms with E-state index in [-0.39, 0.29) is 6.10 Å². The minimum Gasteiger partial charge on any atom is -0.485 e. The molecule has 0 aromatic rings. The van der Waals surface area contributed by atoms with Crippen molar-refractivity contribution in [2.24, 2.45) is 11.8 Å². The molecular weight excluding hydrogens is 354 g/mol. The molecule has 0 aromatic carbocycles. The number of allylic oxidation sites excluding steroid dienone is 4. The molecule has 0 aromatic heterocycles. The maximum absolute atomic E-state index is 6.18. The van der Waals surface area contributed by atoms with Gasteiger partial charge in [0, 0.05) is 5.92 Å². The molecular formula is C27H49NO. The number of rotatable bonds is 4. The Kier molecular flexibility index (Phi) is 14.9. The van der Waals surface area contributed by atoms with Crippen LogP contribution >= 0.6 is 0 Å². The molecule has 1 heterocycles. The highest BCUT2D eigenvalue weighted by Gasteiger charge is 2.47. The molecule has 1 aliphatic heterocycles. The second-order valence-corrected chi connectivity index (χ2v) is 8.34. The van der Waals surface area contributed by atoms with Crippen molar-refractivity contribution in [3.8, 4) is 0 Å². The zero-order valence-electron chi connectivity index (χ0n) is 20.8. The quantitative estimate of drug-likeness (QED) is 0.442. The molecule has 0 spiro atoms. The first kappa shape index (κ1) is 27.7. The van der Waals surface area contributed by atoms with Crippen LogP contribution in [0.25, 0.3) is 0 Å². The summed E-state index contributed by atoms with van der Waals surface area (Å²) in [6.45, 7) is 21.8. The van der Waals surface area contributed by atoms with Gasteiger partial charge in [0.25, 0.3) is 0 Å². The Labute approximate surface area is 182 Å². The lowest BCUT2D eigenvalue weighted by Crippen LogP contribution is -2.32. The number of hydrogen-bond acceptors (Lipinski definition) is 2. The van der Waals surface area contributed by atoms with E-state index >= 15 is 0 Å². The third-order valence-electron chi connectivity index (χ3n) is 5.46. The van der Waals surface area contributed by atoms with E-state index in [1.807, 2.05) is 19.9 Å². The topological polar surface area (TPSA) is 12.5 Å². The van der Waals surface area contributed by atoms with E-state index in [1.165, 1.54) is 61.8 Å². The minimum atomic E-state index is 0.241. The van der Waals surface area contributed by atoms with E-state index < -0.39 is 0 Å². The first-order chi connectivity index (χ1) is 13.9. The Balaban J connectivity index is 0.000000552. The van der Waals surface area contributed by atoms with Crippen molar-refractivity contribution in [2.45, 2.75) is 92.6 Å².